The van der Waals surface area contributed by atoms with Gasteiger partial charge in [-0.05, 0) is 129 Å². The predicted molar refractivity (Wildman–Crippen MR) is 334 cm³/mol. The molecule has 0 fully saturated rings. The highest BCUT2D eigenvalue weighted by Crippen LogP contribution is 2.50. The fourth-order valence-corrected chi connectivity index (χ4v) is 11.2. The summed E-state index contributed by atoms with van der Waals surface area (Å²) in [7, 11) is 0. The van der Waals surface area contributed by atoms with E-state index in [2.05, 4.69) is 267 Å². The van der Waals surface area contributed by atoms with E-state index in [0.717, 1.165) is 67.2 Å². The largest absolute Gasteiger partial charge is 0.307 e. The van der Waals surface area contributed by atoms with E-state index in [9.17, 15) is 0 Å². The average Bonchev–Trinajstić information content (AvgIpc) is 3.33. The molecule has 6 heteroatoms. The highest BCUT2D eigenvalue weighted by atomic mass is 15.2. The molecular formula is C73H70N6. The number of hydrogen-bond acceptors (Lipinski definition) is 4. The summed E-state index contributed by atoms with van der Waals surface area (Å²) in [4.78, 5) is 18.6. The molecule has 0 saturated carbocycles. The van der Waals surface area contributed by atoms with Crippen LogP contribution in [0.3, 0.4) is 0 Å². The van der Waals surface area contributed by atoms with Crippen molar-refractivity contribution in [1.29, 1.82) is 0 Å². The normalized spacial score (nSPS) is 12.6. The molecule has 0 aliphatic heterocycles. The first-order valence-electron chi connectivity index (χ1n) is 27.9. The Hall–Kier alpha value is -8.61. The average molecular weight is 1030 g/mol. The summed E-state index contributed by atoms with van der Waals surface area (Å²) < 4.78 is 5.04. The van der Waals surface area contributed by atoms with Crippen molar-refractivity contribution in [2.24, 2.45) is 0 Å². The second kappa shape index (κ2) is 19.1. The fourth-order valence-electron chi connectivity index (χ4n) is 11.2. The van der Waals surface area contributed by atoms with Gasteiger partial charge in [0.25, 0.3) is 0 Å². The van der Waals surface area contributed by atoms with Crippen molar-refractivity contribution >= 4 is 60.7 Å². The maximum Gasteiger partial charge on any atom is 0.164 e. The van der Waals surface area contributed by atoms with Crippen LogP contribution in [0.2, 0.25) is 0 Å². The van der Waals surface area contributed by atoms with Gasteiger partial charge in [0.15, 0.2) is 17.5 Å². The number of fused-ring (bicyclic) bond motifs is 6. The smallest absolute Gasteiger partial charge is 0.164 e. The molecule has 3 heterocycles. The van der Waals surface area contributed by atoms with Crippen LogP contribution in [-0.2, 0) is 21.7 Å². The van der Waals surface area contributed by atoms with Gasteiger partial charge in [-0.1, -0.05) is 204 Å². The molecular weight excluding hydrogens is 961 g/mol. The Morgan fingerprint density at radius 2 is 0.557 bits per heavy atom. The number of rotatable bonds is 8. The SMILES string of the molecule is CC(C)(C)c1ccc2c(c1)c1cc(C(C)(C)C)ccc1n2-c1cc(-c2nc(-c3ccccc3)nc(-c3ccccc3)n2)cc(-n2c3ccc(C(C)(C)C)cc3c3cc(C(C)(C)C)ccc32)c1N(c1ccccc1)c1ccccc1. The summed E-state index contributed by atoms with van der Waals surface area (Å²) in [5, 5.41) is 4.82. The molecule has 12 rings (SSSR count). The number of nitrogens with zero attached hydrogens (tertiary/aromatic N) is 6. The summed E-state index contributed by atoms with van der Waals surface area (Å²) in [6.07, 6.45) is 0. The van der Waals surface area contributed by atoms with Crippen LogP contribution < -0.4 is 4.90 Å². The molecule has 0 amide bonds. The van der Waals surface area contributed by atoms with Crippen molar-refractivity contribution in [3.63, 3.8) is 0 Å². The molecule has 6 nitrogen and oxygen atoms in total. The molecule has 0 radical (unpaired) electrons. The van der Waals surface area contributed by atoms with Gasteiger partial charge in [0.2, 0.25) is 0 Å². The first-order chi connectivity index (χ1) is 37.7. The molecule has 12 aromatic rings. The minimum atomic E-state index is -0.0816. The van der Waals surface area contributed by atoms with Crippen LogP contribution in [0, 0.1) is 0 Å². The van der Waals surface area contributed by atoms with E-state index in [0.29, 0.717) is 17.5 Å². The van der Waals surface area contributed by atoms with Crippen LogP contribution in [0.4, 0.5) is 17.1 Å². The lowest BCUT2D eigenvalue weighted by Crippen LogP contribution is -2.17. The lowest BCUT2D eigenvalue weighted by molar-refractivity contribution is 0.590. The third-order valence-electron chi connectivity index (χ3n) is 15.8. The van der Waals surface area contributed by atoms with Crippen LogP contribution in [0.1, 0.15) is 105 Å². The summed E-state index contributed by atoms with van der Waals surface area (Å²) in [6.45, 7) is 27.7. The highest BCUT2D eigenvalue weighted by molar-refractivity contribution is 6.13. The van der Waals surface area contributed by atoms with Crippen LogP contribution in [-0.4, -0.2) is 24.1 Å². The third kappa shape index (κ3) is 9.37. The van der Waals surface area contributed by atoms with E-state index >= 15 is 0 Å². The summed E-state index contributed by atoms with van der Waals surface area (Å²) in [6, 6.07) is 75.4. The Balaban J connectivity index is 1.33. The van der Waals surface area contributed by atoms with E-state index in [-0.39, 0.29) is 21.7 Å². The topological polar surface area (TPSA) is 51.8 Å². The molecule has 0 aliphatic rings. The van der Waals surface area contributed by atoms with Gasteiger partial charge in [-0.2, -0.15) is 0 Å². The predicted octanol–water partition coefficient (Wildman–Crippen LogP) is 19.7. The highest BCUT2D eigenvalue weighted by Gasteiger charge is 2.31. The van der Waals surface area contributed by atoms with E-state index in [4.69, 9.17) is 15.0 Å². The van der Waals surface area contributed by atoms with Gasteiger partial charge in [0.05, 0.1) is 39.1 Å². The van der Waals surface area contributed by atoms with E-state index in [1.165, 1.54) is 43.8 Å². The molecule has 0 aliphatic carbocycles. The standard InChI is InChI=1S/C73H70N6/c1-70(2,3)50-33-37-60-56(43-50)57-44-51(71(4,5)6)34-38-61(57)78(60)64-41-49(69-75-67(47-25-17-13-18-26-47)74-68(76-69)48-27-19-14-20-28-48)42-65(66(64)77(54-29-21-15-22-30-54)55-31-23-16-24-32-55)79-62-39-35-52(72(7,8)9)45-58(62)59-46-53(73(10,11)12)36-40-63(59)79/h13-46H,1-12H3. The number of anilines is 3. The Kier molecular flexibility index (Phi) is 12.4. The zero-order valence-electron chi connectivity index (χ0n) is 47.8. The number of hydrogen-bond donors (Lipinski definition) is 0. The Morgan fingerprint density at radius 3 is 0.835 bits per heavy atom. The molecule has 0 spiro atoms. The van der Waals surface area contributed by atoms with Crippen molar-refractivity contribution in [2.45, 2.75) is 105 Å². The zero-order valence-corrected chi connectivity index (χ0v) is 47.8. The minimum absolute atomic E-state index is 0.0816. The van der Waals surface area contributed by atoms with Gasteiger partial charge in [-0.15, -0.1) is 0 Å². The van der Waals surface area contributed by atoms with Crippen molar-refractivity contribution in [1.82, 2.24) is 24.1 Å². The minimum Gasteiger partial charge on any atom is -0.307 e. The summed E-state index contributed by atoms with van der Waals surface area (Å²) in [5.74, 6) is 1.79. The van der Waals surface area contributed by atoms with Crippen LogP contribution in [0.15, 0.2) is 206 Å². The Bertz CT molecular complexity index is 3840. The van der Waals surface area contributed by atoms with Crippen molar-refractivity contribution in [3.05, 3.63) is 229 Å². The first kappa shape index (κ1) is 51.2. The van der Waals surface area contributed by atoms with E-state index < -0.39 is 0 Å². The molecule has 79 heavy (non-hydrogen) atoms. The van der Waals surface area contributed by atoms with Gasteiger partial charge in [0, 0.05) is 49.6 Å². The summed E-state index contributed by atoms with van der Waals surface area (Å²) in [5.41, 5.74) is 16.9. The van der Waals surface area contributed by atoms with Gasteiger partial charge in [0.1, 0.15) is 0 Å². The quantitative estimate of drug-likeness (QED) is 0.152. The lowest BCUT2D eigenvalue weighted by atomic mass is 9.85. The fraction of sp³-hybridized carbons (Fsp3) is 0.219. The van der Waals surface area contributed by atoms with Crippen LogP contribution in [0.5, 0.6) is 0 Å². The van der Waals surface area contributed by atoms with Gasteiger partial charge < -0.3 is 14.0 Å². The maximum absolute atomic E-state index is 5.48. The van der Waals surface area contributed by atoms with Crippen molar-refractivity contribution in [3.8, 4) is 45.5 Å². The molecule has 0 N–H and O–H groups in total. The monoisotopic (exact) mass is 1030 g/mol. The van der Waals surface area contributed by atoms with E-state index in [1.807, 2.05) is 36.4 Å². The molecule has 0 bridgehead atoms. The molecule has 3 aromatic heterocycles. The summed E-state index contributed by atoms with van der Waals surface area (Å²) >= 11 is 0. The van der Waals surface area contributed by atoms with E-state index in [1.54, 1.807) is 0 Å². The Labute approximate surface area is 466 Å². The zero-order chi connectivity index (χ0) is 55.2. The van der Waals surface area contributed by atoms with Crippen molar-refractivity contribution in [2.75, 3.05) is 4.90 Å². The second-order valence-electron chi connectivity index (χ2n) is 25.5. The molecule has 0 unspecified atom stereocenters. The van der Waals surface area contributed by atoms with Crippen molar-refractivity contribution < 1.29 is 0 Å². The molecule has 0 saturated heterocycles. The van der Waals surface area contributed by atoms with Gasteiger partial charge >= 0.3 is 0 Å². The number of para-hydroxylation sites is 2. The van der Waals surface area contributed by atoms with Gasteiger partial charge in [-0.3, -0.25) is 0 Å². The Morgan fingerprint density at radius 1 is 0.291 bits per heavy atom. The molecule has 392 valence electrons. The van der Waals surface area contributed by atoms with Gasteiger partial charge in [-0.25, -0.2) is 15.0 Å². The molecule has 9 aromatic carbocycles. The number of aromatic nitrogens is 5. The van der Waals surface area contributed by atoms with Crippen LogP contribution >= 0.6 is 0 Å². The first-order valence-corrected chi connectivity index (χ1v) is 27.9. The third-order valence-corrected chi connectivity index (χ3v) is 15.8. The lowest BCUT2D eigenvalue weighted by Gasteiger charge is -2.32. The maximum atomic E-state index is 5.48. The molecule has 0 atom stereocenters. The number of benzene rings is 9. The second-order valence-corrected chi connectivity index (χ2v) is 25.5. The van der Waals surface area contributed by atoms with Crippen LogP contribution in [0.25, 0.3) is 89.2 Å².